The molecule has 28 heavy (non-hydrogen) atoms. The molecule has 4 aromatic rings. The van der Waals surface area contributed by atoms with Crippen LogP contribution in [0, 0.1) is 6.92 Å². The van der Waals surface area contributed by atoms with Gasteiger partial charge < -0.3 is 14.5 Å². The van der Waals surface area contributed by atoms with Gasteiger partial charge >= 0.3 is 0 Å². The van der Waals surface area contributed by atoms with Crippen LogP contribution in [0.1, 0.15) is 16.1 Å². The van der Waals surface area contributed by atoms with Crippen molar-refractivity contribution in [2.75, 3.05) is 12.4 Å². The van der Waals surface area contributed by atoms with Crippen LogP contribution in [0.15, 0.2) is 71.3 Å². The minimum atomic E-state index is -0.167. The van der Waals surface area contributed by atoms with E-state index in [4.69, 9.17) is 9.72 Å². The first-order valence-corrected chi connectivity index (χ1v) is 9.55. The molecule has 0 aliphatic rings. The number of ether oxygens (including phenoxy) is 1. The Balaban J connectivity index is 1.66. The van der Waals surface area contributed by atoms with Crippen molar-refractivity contribution >= 4 is 33.2 Å². The Labute approximate surface area is 171 Å². The summed E-state index contributed by atoms with van der Waals surface area (Å²) in [4.78, 5) is 17.3. The number of methoxy groups -OCH3 is 1. The molecule has 5 nitrogen and oxygen atoms in total. The summed E-state index contributed by atoms with van der Waals surface area (Å²) < 4.78 is 7.96. The number of aromatic nitrogens is 2. The van der Waals surface area contributed by atoms with Gasteiger partial charge in [0.25, 0.3) is 5.91 Å². The summed E-state index contributed by atoms with van der Waals surface area (Å²) in [5.74, 6) is 0.641. The highest BCUT2D eigenvalue weighted by atomic mass is 79.9. The quantitative estimate of drug-likeness (QED) is 0.470. The molecule has 0 spiro atoms. The molecule has 0 atom stereocenters. The summed E-state index contributed by atoms with van der Waals surface area (Å²) in [6, 6.07) is 18.9. The van der Waals surface area contributed by atoms with Crippen LogP contribution in [-0.4, -0.2) is 22.4 Å². The first-order chi connectivity index (χ1) is 13.6. The number of aryl methyl sites for hydroxylation is 1. The van der Waals surface area contributed by atoms with Gasteiger partial charge in [0.2, 0.25) is 0 Å². The maximum atomic E-state index is 12.6. The summed E-state index contributed by atoms with van der Waals surface area (Å²) in [7, 11) is 1.65. The molecule has 0 bridgehead atoms. The summed E-state index contributed by atoms with van der Waals surface area (Å²) in [6.07, 6.45) is 1.89. The number of nitrogens with zero attached hydrogens (tertiary/aromatic N) is 2. The van der Waals surface area contributed by atoms with Gasteiger partial charge in [0, 0.05) is 21.9 Å². The van der Waals surface area contributed by atoms with E-state index in [0.29, 0.717) is 11.3 Å². The summed E-state index contributed by atoms with van der Waals surface area (Å²) in [5, 5.41) is 2.95. The molecule has 140 valence electrons. The maximum absolute atomic E-state index is 12.6. The zero-order valence-corrected chi connectivity index (χ0v) is 17.0. The van der Waals surface area contributed by atoms with Gasteiger partial charge in [-0.05, 0) is 71.4 Å². The lowest BCUT2D eigenvalue weighted by Crippen LogP contribution is -2.12. The number of nitrogens with one attached hydrogen (secondary N) is 1. The van der Waals surface area contributed by atoms with Crippen LogP contribution in [0.3, 0.4) is 0 Å². The molecule has 1 N–H and O–H groups in total. The van der Waals surface area contributed by atoms with Crippen molar-refractivity contribution in [1.29, 1.82) is 0 Å². The SMILES string of the molecule is COc1ccc(-c2nc3ccc(NC(=O)c4ccccc4Br)cn3c2C)cc1. The molecule has 0 saturated heterocycles. The Morgan fingerprint density at radius 1 is 1.07 bits per heavy atom. The van der Waals surface area contributed by atoms with Crippen LogP contribution in [0.4, 0.5) is 5.69 Å². The maximum Gasteiger partial charge on any atom is 0.256 e. The Kier molecular flexibility index (Phi) is 4.88. The normalized spacial score (nSPS) is 10.8. The number of hydrogen-bond donors (Lipinski definition) is 1. The second-order valence-corrected chi connectivity index (χ2v) is 7.21. The van der Waals surface area contributed by atoms with E-state index in [0.717, 1.165) is 32.8 Å². The van der Waals surface area contributed by atoms with Gasteiger partial charge in [0.05, 0.1) is 24.1 Å². The highest BCUT2D eigenvalue weighted by Crippen LogP contribution is 2.27. The van der Waals surface area contributed by atoms with Crippen molar-refractivity contribution in [3.63, 3.8) is 0 Å². The average Bonchev–Trinajstić information content (AvgIpc) is 3.04. The van der Waals surface area contributed by atoms with E-state index >= 15 is 0 Å². The Bertz CT molecular complexity index is 1170. The lowest BCUT2D eigenvalue weighted by atomic mass is 10.1. The van der Waals surface area contributed by atoms with E-state index in [1.807, 2.05) is 72.1 Å². The fraction of sp³-hybridized carbons (Fsp3) is 0.0909. The molecule has 0 aliphatic carbocycles. The van der Waals surface area contributed by atoms with Crippen LogP contribution in [-0.2, 0) is 0 Å². The third kappa shape index (κ3) is 3.39. The van der Waals surface area contributed by atoms with E-state index in [9.17, 15) is 4.79 Å². The van der Waals surface area contributed by atoms with Gasteiger partial charge in [-0.1, -0.05) is 12.1 Å². The fourth-order valence-electron chi connectivity index (χ4n) is 3.10. The zero-order valence-electron chi connectivity index (χ0n) is 15.4. The van der Waals surface area contributed by atoms with Crippen molar-refractivity contribution in [2.24, 2.45) is 0 Å². The minimum absolute atomic E-state index is 0.167. The van der Waals surface area contributed by atoms with Crippen molar-refractivity contribution in [1.82, 2.24) is 9.38 Å². The van der Waals surface area contributed by atoms with Crippen molar-refractivity contribution in [3.05, 3.63) is 82.6 Å². The van der Waals surface area contributed by atoms with Crippen molar-refractivity contribution < 1.29 is 9.53 Å². The van der Waals surface area contributed by atoms with Crippen LogP contribution in [0.2, 0.25) is 0 Å². The Hall–Kier alpha value is -3.12. The van der Waals surface area contributed by atoms with Gasteiger partial charge in [-0.3, -0.25) is 4.79 Å². The number of rotatable bonds is 4. The molecule has 0 fully saturated rings. The zero-order chi connectivity index (χ0) is 19.7. The van der Waals surface area contributed by atoms with E-state index in [1.165, 1.54) is 0 Å². The second-order valence-electron chi connectivity index (χ2n) is 6.35. The van der Waals surface area contributed by atoms with Gasteiger partial charge in [-0.2, -0.15) is 0 Å². The molecular weight excluding hydrogens is 418 g/mol. The van der Waals surface area contributed by atoms with Crippen LogP contribution < -0.4 is 10.1 Å². The summed E-state index contributed by atoms with van der Waals surface area (Å²) in [6.45, 7) is 2.01. The molecule has 0 saturated carbocycles. The predicted molar refractivity (Wildman–Crippen MR) is 114 cm³/mol. The molecule has 1 amide bonds. The van der Waals surface area contributed by atoms with Crippen molar-refractivity contribution in [3.8, 4) is 17.0 Å². The lowest BCUT2D eigenvalue weighted by Gasteiger charge is -2.08. The number of imidazole rings is 1. The van der Waals surface area contributed by atoms with E-state index in [2.05, 4.69) is 21.2 Å². The molecule has 0 radical (unpaired) electrons. The lowest BCUT2D eigenvalue weighted by molar-refractivity contribution is 0.102. The average molecular weight is 436 g/mol. The number of carbonyl (C=O) groups is 1. The fourth-order valence-corrected chi connectivity index (χ4v) is 3.57. The smallest absolute Gasteiger partial charge is 0.256 e. The molecule has 6 heteroatoms. The van der Waals surface area contributed by atoms with Crippen LogP contribution >= 0.6 is 15.9 Å². The molecule has 0 unspecified atom stereocenters. The standard InChI is InChI=1S/C22H18BrN3O2/c1-14-21(15-7-10-17(28-2)11-8-15)25-20-12-9-16(13-26(14)20)24-22(27)18-5-3-4-6-19(18)23/h3-13H,1-2H3,(H,24,27). The monoisotopic (exact) mass is 435 g/mol. The Morgan fingerprint density at radius 2 is 1.82 bits per heavy atom. The molecule has 0 aliphatic heterocycles. The van der Waals surface area contributed by atoms with Crippen molar-refractivity contribution in [2.45, 2.75) is 6.92 Å². The van der Waals surface area contributed by atoms with E-state index in [1.54, 1.807) is 13.2 Å². The van der Waals surface area contributed by atoms with E-state index in [-0.39, 0.29) is 5.91 Å². The molecule has 4 rings (SSSR count). The summed E-state index contributed by atoms with van der Waals surface area (Å²) in [5.41, 5.74) is 5.02. The number of pyridine rings is 1. The van der Waals surface area contributed by atoms with Crippen LogP contribution in [0.5, 0.6) is 5.75 Å². The predicted octanol–water partition coefficient (Wildman–Crippen LogP) is 5.33. The van der Waals surface area contributed by atoms with E-state index < -0.39 is 0 Å². The molecule has 2 heterocycles. The summed E-state index contributed by atoms with van der Waals surface area (Å²) >= 11 is 3.42. The third-order valence-corrected chi connectivity index (χ3v) is 5.29. The van der Waals surface area contributed by atoms with Gasteiger partial charge in [-0.15, -0.1) is 0 Å². The second kappa shape index (κ2) is 7.48. The van der Waals surface area contributed by atoms with Crippen LogP contribution in [0.25, 0.3) is 16.9 Å². The van der Waals surface area contributed by atoms with Gasteiger partial charge in [0.1, 0.15) is 11.4 Å². The third-order valence-electron chi connectivity index (χ3n) is 4.60. The number of anilines is 1. The first kappa shape index (κ1) is 18.3. The molecular formula is C22H18BrN3O2. The Morgan fingerprint density at radius 3 is 2.54 bits per heavy atom. The molecule has 2 aromatic carbocycles. The largest absolute Gasteiger partial charge is 0.497 e. The number of carbonyl (C=O) groups excluding carboxylic acids is 1. The number of benzene rings is 2. The highest BCUT2D eigenvalue weighted by Gasteiger charge is 2.13. The highest BCUT2D eigenvalue weighted by molar-refractivity contribution is 9.10. The number of amides is 1. The molecule has 2 aromatic heterocycles. The first-order valence-electron chi connectivity index (χ1n) is 8.76. The number of hydrogen-bond acceptors (Lipinski definition) is 3. The van der Waals surface area contributed by atoms with Gasteiger partial charge in [-0.25, -0.2) is 4.98 Å². The minimum Gasteiger partial charge on any atom is -0.497 e. The number of halogens is 1. The topological polar surface area (TPSA) is 55.6 Å². The van der Waals surface area contributed by atoms with Gasteiger partial charge in [0.15, 0.2) is 0 Å². The number of fused-ring (bicyclic) bond motifs is 1.